The average Bonchev–Trinajstić information content (AvgIpc) is 2.38. The van der Waals surface area contributed by atoms with Crippen LogP contribution in [0.25, 0.3) is 10.9 Å². The van der Waals surface area contributed by atoms with Gasteiger partial charge in [0, 0.05) is 23.3 Å². The number of pyridine rings is 1. The minimum atomic E-state index is -4.70. The van der Waals surface area contributed by atoms with Crippen LogP contribution in [0.3, 0.4) is 0 Å². The SMILES string of the molecule is CCNc1c(CC)c(C)nc2ccc(OC(F)(F)F)cc12. The highest BCUT2D eigenvalue weighted by Gasteiger charge is 2.31. The number of aryl methyl sites for hydroxylation is 1. The molecule has 0 amide bonds. The molecule has 2 rings (SSSR count). The summed E-state index contributed by atoms with van der Waals surface area (Å²) in [4.78, 5) is 4.45. The predicted octanol–water partition coefficient (Wildman–Crippen LogP) is 4.44. The van der Waals surface area contributed by atoms with Gasteiger partial charge in [0.15, 0.2) is 0 Å². The maximum absolute atomic E-state index is 12.3. The maximum atomic E-state index is 12.3. The molecule has 0 radical (unpaired) electrons. The van der Waals surface area contributed by atoms with Gasteiger partial charge in [-0.25, -0.2) is 0 Å². The van der Waals surface area contributed by atoms with Gasteiger partial charge in [0.2, 0.25) is 0 Å². The van der Waals surface area contributed by atoms with Crippen LogP contribution in [0.2, 0.25) is 0 Å². The van der Waals surface area contributed by atoms with Gasteiger partial charge in [-0.2, -0.15) is 0 Å². The lowest BCUT2D eigenvalue weighted by atomic mass is 10.0. The Bertz CT molecular complexity index is 653. The van der Waals surface area contributed by atoms with Crippen molar-refractivity contribution in [3.63, 3.8) is 0 Å². The van der Waals surface area contributed by atoms with Gasteiger partial charge in [-0.05, 0) is 44.0 Å². The molecule has 1 N–H and O–H groups in total. The van der Waals surface area contributed by atoms with E-state index in [1.165, 1.54) is 12.1 Å². The zero-order valence-electron chi connectivity index (χ0n) is 12.1. The van der Waals surface area contributed by atoms with Gasteiger partial charge in [-0.3, -0.25) is 4.98 Å². The summed E-state index contributed by atoms with van der Waals surface area (Å²) in [7, 11) is 0. The molecule has 0 unspecified atom stereocenters. The summed E-state index contributed by atoms with van der Waals surface area (Å²) in [6, 6.07) is 4.21. The summed E-state index contributed by atoms with van der Waals surface area (Å²) in [5.74, 6) is -0.234. The Labute approximate surface area is 121 Å². The molecule has 21 heavy (non-hydrogen) atoms. The fourth-order valence-corrected chi connectivity index (χ4v) is 2.41. The van der Waals surface area contributed by atoms with Crippen LogP contribution in [-0.4, -0.2) is 17.9 Å². The minimum absolute atomic E-state index is 0.234. The van der Waals surface area contributed by atoms with Crippen molar-refractivity contribution in [3.05, 3.63) is 29.5 Å². The molecule has 0 aliphatic carbocycles. The van der Waals surface area contributed by atoms with Crippen LogP contribution in [0.5, 0.6) is 5.75 Å². The molecule has 114 valence electrons. The van der Waals surface area contributed by atoms with E-state index >= 15 is 0 Å². The molecular weight excluding hydrogens is 281 g/mol. The third-order valence-corrected chi connectivity index (χ3v) is 3.20. The molecule has 0 atom stereocenters. The molecule has 6 heteroatoms. The average molecular weight is 298 g/mol. The Morgan fingerprint density at radius 1 is 1.24 bits per heavy atom. The molecule has 0 saturated heterocycles. The summed E-state index contributed by atoms with van der Waals surface area (Å²) in [5.41, 5.74) is 3.37. The van der Waals surface area contributed by atoms with Gasteiger partial charge in [0.1, 0.15) is 5.75 Å². The first-order valence-electron chi connectivity index (χ1n) is 6.78. The Balaban J connectivity index is 2.63. The normalized spacial score (nSPS) is 11.7. The van der Waals surface area contributed by atoms with Crippen LogP contribution in [0.4, 0.5) is 18.9 Å². The van der Waals surface area contributed by atoms with E-state index in [-0.39, 0.29) is 5.75 Å². The van der Waals surface area contributed by atoms with Crippen LogP contribution in [0, 0.1) is 6.92 Å². The monoisotopic (exact) mass is 298 g/mol. The van der Waals surface area contributed by atoms with Crippen molar-refractivity contribution in [3.8, 4) is 5.75 Å². The number of aromatic nitrogens is 1. The van der Waals surface area contributed by atoms with E-state index in [9.17, 15) is 13.2 Å². The van der Waals surface area contributed by atoms with Crippen molar-refractivity contribution >= 4 is 16.6 Å². The molecule has 1 aromatic carbocycles. The molecule has 3 nitrogen and oxygen atoms in total. The van der Waals surface area contributed by atoms with Crippen molar-refractivity contribution in [2.24, 2.45) is 0 Å². The fraction of sp³-hybridized carbons (Fsp3) is 0.400. The maximum Gasteiger partial charge on any atom is 0.573 e. The lowest BCUT2D eigenvalue weighted by Crippen LogP contribution is -2.17. The summed E-state index contributed by atoms with van der Waals surface area (Å²) >= 11 is 0. The van der Waals surface area contributed by atoms with Crippen molar-refractivity contribution in [1.29, 1.82) is 0 Å². The van der Waals surface area contributed by atoms with Crippen LogP contribution in [-0.2, 0) is 6.42 Å². The second kappa shape index (κ2) is 5.79. The van der Waals surface area contributed by atoms with Crippen LogP contribution in [0.1, 0.15) is 25.1 Å². The molecule has 0 aliphatic heterocycles. The molecule has 0 bridgehead atoms. The number of rotatable bonds is 4. The van der Waals surface area contributed by atoms with E-state index in [1.54, 1.807) is 6.07 Å². The van der Waals surface area contributed by atoms with Gasteiger partial charge in [0.25, 0.3) is 0 Å². The molecule has 1 heterocycles. The number of anilines is 1. The number of hydrogen-bond donors (Lipinski definition) is 1. The minimum Gasteiger partial charge on any atom is -0.406 e. The molecule has 0 fully saturated rings. The number of halogens is 3. The number of ether oxygens (including phenoxy) is 1. The zero-order chi connectivity index (χ0) is 15.6. The molecule has 2 aromatic rings. The highest BCUT2D eigenvalue weighted by molar-refractivity contribution is 5.94. The van der Waals surface area contributed by atoms with E-state index in [4.69, 9.17) is 0 Å². The van der Waals surface area contributed by atoms with Crippen molar-refractivity contribution in [1.82, 2.24) is 4.98 Å². The summed E-state index contributed by atoms with van der Waals surface area (Å²) in [5, 5.41) is 3.86. The molecule has 0 aliphatic rings. The smallest absolute Gasteiger partial charge is 0.406 e. The number of fused-ring (bicyclic) bond motifs is 1. The van der Waals surface area contributed by atoms with Crippen LogP contribution < -0.4 is 10.1 Å². The summed E-state index contributed by atoms with van der Waals surface area (Å²) in [6.07, 6.45) is -3.95. The van der Waals surface area contributed by atoms with Gasteiger partial charge in [-0.1, -0.05) is 6.92 Å². The number of nitrogens with zero attached hydrogens (tertiary/aromatic N) is 1. The third-order valence-electron chi connectivity index (χ3n) is 3.20. The molecule has 0 saturated carbocycles. The summed E-state index contributed by atoms with van der Waals surface area (Å²) in [6.45, 7) is 6.51. The Hall–Kier alpha value is -1.98. The first-order chi connectivity index (χ1) is 9.85. The van der Waals surface area contributed by atoms with Crippen LogP contribution in [0.15, 0.2) is 18.2 Å². The molecular formula is C15H17F3N2O. The highest BCUT2D eigenvalue weighted by Crippen LogP contribution is 2.33. The van der Waals surface area contributed by atoms with Gasteiger partial charge < -0.3 is 10.1 Å². The quantitative estimate of drug-likeness (QED) is 0.906. The van der Waals surface area contributed by atoms with Gasteiger partial charge in [0.05, 0.1) is 5.52 Å². The van der Waals surface area contributed by atoms with Crippen molar-refractivity contribution in [2.75, 3.05) is 11.9 Å². The third kappa shape index (κ3) is 3.37. The van der Waals surface area contributed by atoms with E-state index in [2.05, 4.69) is 15.0 Å². The second-order valence-electron chi connectivity index (χ2n) is 4.66. The van der Waals surface area contributed by atoms with Crippen molar-refractivity contribution in [2.45, 2.75) is 33.6 Å². The Morgan fingerprint density at radius 2 is 1.95 bits per heavy atom. The first kappa shape index (κ1) is 15.4. The molecule has 1 aromatic heterocycles. The lowest BCUT2D eigenvalue weighted by Gasteiger charge is -2.16. The highest BCUT2D eigenvalue weighted by atomic mass is 19.4. The van der Waals surface area contributed by atoms with E-state index < -0.39 is 6.36 Å². The number of hydrogen-bond acceptors (Lipinski definition) is 3. The van der Waals surface area contributed by atoms with E-state index in [0.717, 1.165) is 23.4 Å². The number of alkyl halides is 3. The van der Waals surface area contributed by atoms with E-state index in [1.807, 2.05) is 20.8 Å². The number of nitrogens with one attached hydrogen (secondary N) is 1. The largest absolute Gasteiger partial charge is 0.573 e. The summed E-state index contributed by atoms with van der Waals surface area (Å²) < 4.78 is 41.0. The van der Waals surface area contributed by atoms with Crippen LogP contribution >= 0.6 is 0 Å². The standard InChI is InChI=1S/C15H17F3N2O/c1-4-11-9(3)20-13-7-6-10(21-15(16,17)18)8-12(13)14(11)19-5-2/h6-8H,4-5H2,1-3H3,(H,19,20). The number of benzene rings is 1. The van der Waals surface area contributed by atoms with E-state index in [0.29, 0.717) is 17.4 Å². The Morgan fingerprint density at radius 3 is 2.52 bits per heavy atom. The zero-order valence-corrected chi connectivity index (χ0v) is 12.1. The van der Waals surface area contributed by atoms with Gasteiger partial charge >= 0.3 is 6.36 Å². The second-order valence-corrected chi connectivity index (χ2v) is 4.66. The Kier molecular flexibility index (Phi) is 4.25. The fourth-order valence-electron chi connectivity index (χ4n) is 2.41. The topological polar surface area (TPSA) is 34.2 Å². The van der Waals surface area contributed by atoms with Crippen molar-refractivity contribution < 1.29 is 17.9 Å². The molecule has 0 spiro atoms. The van der Waals surface area contributed by atoms with Gasteiger partial charge in [-0.15, -0.1) is 13.2 Å². The lowest BCUT2D eigenvalue weighted by molar-refractivity contribution is -0.274. The predicted molar refractivity (Wildman–Crippen MR) is 76.7 cm³/mol. The first-order valence-corrected chi connectivity index (χ1v) is 6.78.